The lowest BCUT2D eigenvalue weighted by atomic mass is 10.4. The topological polar surface area (TPSA) is 114 Å². The Hall–Kier alpha value is -2.24. The van der Waals surface area contributed by atoms with Gasteiger partial charge in [0.15, 0.2) is 10.3 Å². The molecule has 3 aromatic heterocycles. The molecule has 0 radical (unpaired) electrons. The van der Waals surface area contributed by atoms with Gasteiger partial charge in [0.25, 0.3) is 5.56 Å². The summed E-state index contributed by atoms with van der Waals surface area (Å²) < 4.78 is 5.16. The fourth-order valence-electron chi connectivity index (χ4n) is 2.30. The summed E-state index contributed by atoms with van der Waals surface area (Å²) in [5.74, 6) is -0.725. The van der Waals surface area contributed by atoms with Gasteiger partial charge in [0.2, 0.25) is 5.91 Å². The van der Waals surface area contributed by atoms with Crippen LogP contribution in [0, 0.1) is 13.8 Å². The number of aromatic amines is 1. The highest BCUT2D eigenvalue weighted by Crippen LogP contribution is 2.25. The third-order valence-electron chi connectivity index (χ3n) is 3.41. The predicted octanol–water partition coefficient (Wildman–Crippen LogP) is 3.35. The highest BCUT2D eigenvalue weighted by Gasteiger charge is 2.19. The Kier molecular flexibility index (Phi) is 6.16. The second kappa shape index (κ2) is 8.41. The summed E-state index contributed by atoms with van der Waals surface area (Å²) in [6, 6.07) is 1.79. The monoisotopic (exact) mass is 438 g/mol. The molecule has 0 spiro atoms. The maximum atomic E-state index is 12.2. The maximum absolute atomic E-state index is 12.2. The molecular weight excluding hydrogens is 420 g/mol. The standard InChI is InChI=1S/C17H18N4O4S3/c1-7(2)25-15(24)12-9(4)18-17(28-12)19-11(22)6-26-16-20-13(23)10-5-8(3)27-14(10)21-16/h5,7H,6H2,1-4H3,(H,18,19,22)(H,20,21,23). The summed E-state index contributed by atoms with van der Waals surface area (Å²) in [5, 5.41) is 3.92. The first-order valence-electron chi connectivity index (χ1n) is 8.34. The van der Waals surface area contributed by atoms with Crippen molar-refractivity contribution >= 4 is 61.7 Å². The minimum absolute atomic E-state index is 0.0448. The highest BCUT2D eigenvalue weighted by atomic mass is 32.2. The van der Waals surface area contributed by atoms with Gasteiger partial charge in [-0.2, -0.15) is 0 Å². The smallest absolute Gasteiger partial charge is 0.350 e. The summed E-state index contributed by atoms with van der Waals surface area (Å²) in [5.41, 5.74) is 0.282. The molecule has 3 heterocycles. The quantitative estimate of drug-likeness (QED) is 0.345. The van der Waals surface area contributed by atoms with Crippen LogP contribution in [0.15, 0.2) is 16.0 Å². The number of rotatable bonds is 6. The molecule has 1 amide bonds. The first-order chi connectivity index (χ1) is 13.2. The normalized spacial score (nSPS) is 11.2. The fourth-order valence-corrected chi connectivity index (χ4v) is 4.76. The molecule has 28 heavy (non-hydrogen) atoms. The van der Waals surface area contributed by atoms with Crippen LogP contribution in [-0.4, -0.2) is 38.7 Å². The van der Waals surface area contributed by atoms with Crippen molar-refractivity contribution in [3.63, 3.8) is 0 Å². The molecule has 0 saturated heterocycles. The van der Waals surface area contributed by atoms with Crippen molar-refractivity contribution in [3.05, 3.63) is 31.9 Å². The Morgan fingerprint density at radius 2 is 2.04 bits per heavy atom. The van der Waals surface area contributed by atoms with E-state index in [-0.39, 0.29) is 23.3 Å². The number of hydrogen-bond acceptors (Lipinski definition) is 9. The number of carbonyl (C=O) groups is 2. The molecule has 3 rings (SSSR count). The largest absolute Gasteiger partial charge is 0.459 e. The van der Waals surface area contributed by atoms with Crippen molar-refractivity contribution in [3.8, 4) is 0 Å². The number of thioether (sulfide) groups is 1. The van der Waals surface area contributed by atoms with Gasteiger partial charge in [-0.15, -0.1) is 11.3 Å². The lowest BCUT2D eigenvalue weighted by molar-refractivity contribution is -0.113. The second-order valence-corrected chi connectivity index (χ2v) is 9.37. The number of esters is 1. The Bertz CT molecular complexity index is 1100. The van der Waals surface area contributed by atoms with Crippen LogP contribution in [0.5, 0.6) is 0 Å². The number of thiophene rings is 1. The summed E-state index contributed by atoms with van der Waals surface area (Å²) in [7, 11) is 0. The van der Waals surface area contributed by atoms with Crippen LogP contribution in [0.3, 0.4) is 0 Å². The van der Waals surface area contributed by atoms with Gasteiger partial charge < -0.3 is 15.0 Å². The zero-order valence-electron chi connectivity index (χ0n) is 15.6. The third-order valence-corrected chi connectivity index (χ3v) is 6.29. The average Bonchev–Trinajstić information content (AvgIpc) is 3.14. The lowest BCUT2D eigenvalue weighted by Crippen LogP contribution is -2.15. The molecule has 0 fully saturated rings. The van der Waals surface area contributed by atoms with E-state index in [9.17, 15) is 14.4 Å². The van der Waals surface area contributed by atoms with Gasteiger partial charge in [-0.3, -0.25) is 9.59 Å². The van der Waals surface area contributed by atoms with E-state index in [4.69, 9.17) is 4.74 Å². The van der Waals surface area contributed by atoms with E-state index < -0.39 is 5.97 Å². The number of aromatic nitrogens is 3. The van der Waals surface area contributed by atoms with Crippen LogP contribution in [-0.2, 0) is 9.53 Å². The van der Waals surface area contributed by atoms with Crippen LogP contribution in [0.25, 0.3) is 10.2 Å². The molecule has 3 aromatic rings. The van der Waals surface area contributed by atoms with Gasteiger partial charge >= 0.3 is 5.97 Å². The van der Waals surface area contributed by atoms with E-state index in [1.165, 1.54) is 11.3 Å². The zero-order valence-corrected chi connectivity index (χ0v) is 18.1. The Labute approximate surface area is 172 Å². The molecule has 2 N–H and O–H groups in total. The summed E-state index contributed by atoms with van der Waals surface area (Å²) in [4.78, 5) is 49.6. The zero-order chi connectivity index (χ0) is 20.4. The molecule has 8 nitrogen and oxygen atoms in total. The van der Waals surface area contributed by atoms with Crippen molar-refractivity contribution in [2.24, 2.45) is 0 Å². The fraction of sp³-hybridized carbons (Fsp3) is 0.353. The molecule has 0 aliphatic carbocycles. The van der Waals surface area contributed by atoms with Gasteiger partial charge in [-0.05, 0) is 33.8 Å². The van der Waals surface area contributed by atoms with Crippen LogP contribution >= 0.6 is 34.4 Å². The SMILES string of the molecule is Cc1cc2c(=O)[nH]c(SCC(=O)Nc3nc(C)c(C(=O)OC(C)C)s3)nc2s1. The number of thiazole rings is 1. The number of H-pyrrole nitrogens is 1. The first-order valence-corrected chi connectivity index (χ1v) is 11.0. The number of nitrogens with one attached hydrogen (secondary N) is 2. The van der Waals surface area contributed by atoms with Gasteiger partial charge in [0.05, 0.1) is 22.9 Å². The van der Waals surface area contributed by atoms with E-state index in [2.05, 4.69) is 20.3 Å². The van der Waals surface area contributed by atoms with Gasteiger partial charge in [-0.1, -0.05) is 23.1 Å². The molecule has 11 heteroatoms. The lowest BCUT2D eigenvalue weighted by Gasteiger charge is -2.05. The number of nitrogens with zero attached hydrogens (tertiary/aromatic N) is 2. The predicted molar refractivity (Wildman–Crippen MR) is 112 cm³/mol. The van der Waals surface area contributed by atoms with Crippen molar-refractivity contribution in [2.45, 2.75) is 39.0 Å². The van der Waals surface area contributed by atoms with Gasteiger partial charge in [0, 0.05) is 4.88 Å². The molecule has 148 valence electrons. The molecule has 0 bridgehead atoms. The van der Waals surface area contributed by atoms with Crippen LogP contribution in [0.1, 0.15) is 34.1 Å². The summed E-state index contributed by atoms with van der Waals surface area (Å²) in [6.07, 6.45) is -0.234. The van der Waals surface area contributed by atoms with Crippen LogP contribution < -0.4 is 10.9 Å². The Morgan fingerprint density at radius 1 is 1.29 bits per heavy atom. The third kappa shape index (κ3) is 4.78. The molecule has 0 atom stereocenters. The molecular formula is C17H18N4O4S3. The number of carbonyl (C=O) groups excluding carboxylic acids is 2. The van der Waals surface area contributed by atoms with Crippen molar-refractivity contribution in [2.75, 3.05) is 11.1 Å². The minimum Gasteiger partial charge on any atom is -0.459 e. The molecule has 0 aromatic carbocycles. The summed E-state index contributed by atoms with van der Waals surface area (Å²) >= 11 is 3.62. The molecule has 0 unspecified atom stereocenters. The van der Waals surface area contributed by atoms with Crippen molar-refractivity contribution < 1.29 is 14.3 Å². The van der Waals surface area contributed by atoms with E-state index in [1.54, 1.807) is 26.8 Å². The maximum Gasteiger partial charge on any atom is 0.350 e. The van der Waals surface area contributed by atoms with E-state index in [0.29, 0.717) is 31.1 Å². The highest BCUT2D eigenvalue weighted by molar-refractivity contribution is 7.99. The summed E-state index contributed by atoms with van der Waals surface area (Å²) in [6.45, 7) is 7.13. The first kappa shape index (κ1) is 20.5. The van der Waals surface area contributed by atoms with Gasteiger partial charge in [-0.25, -0.2) is 14.8 Å². The molecule has 0 saturated carbocycles. The Balaban J connectivity index is 1.63. The molecule has 0 aliphatic rings. The average molecular weight is 439 g/mol. The van der Waals surface area contributed by atoms with E-state index in [1.807, 2.05) is 6.92 Å². The minimum atomic E-state index is -0.457. The number of aryl methyl sites for hydroxylation is 2. The second-order valence-electron chi connectivity index (χ2n) is 6.17. The molecule has 0 aliphatic heterocycles. The van der Waals surface area contributed by atoms with E-state index in [0.717, 1.165) is 28.0 Å². The van der Waals surface area contributed by atoms with Gasteiger partial charge in [0.1, 0.15) is 9.71 Å². The van der Waals surface area contributed by atoms with Crippen molar-refractivity contribution in [1.29, 1.82) is 0 Å². The van der Waals surface area contributed by atoms with Crippen LogP contribution in [0.2, 0.25) is 0 Å². The number of amides is 1. The van der Waals surface area contributed by atoms with E-state index >= 15 is 0 Å². The Morgan fingerprint density at radius 3 is 2.75 bits per heavy atom. The number of fused-ring (bicyclic) bond motifs is 1. The number of ether oxygens (including phenoxy) is 1. The number of hydrogen-bond donors (Lipinski definition) is 2. The number of anilines is 1. The van der Waals surface area contributed by atoms with Crippen molar-refractivity contribution in [1.82, 2.24) is 15.0 Å². The van der Waals surface area contributed by atoms with Crippen LogP contribution in [0.4, 0.5) is 5.13 Å².